The fourth-order valence-electron chi connectivity index (χ4n) is 1.68. The molecule has 0 spiro atoms. The molecular formula is C14H12ClFN2O2. The highest BCUT2D eigenvalue weighted by Crippen LogP contribution is 2.22. The van der Waals surface area contributed by atoms with Crippen LogP contribution in [0.3, 0.4) is 0 Å². The minimum Gasteiger partial charge on any atom is -0.465 e. The molecule has 104 valence electrons. The summed E-state index contributed by atoms with van der Waals surface area (Å²) in [7, 11) is 1.31. The Labute approximate surface area is 120 Å². The number of esters is 1. The quantitative estimate of drug-likeness (QED) is 0.877. The van der Waals surface area contributed by atoms with Crippen molar-refractivity contribution >= 4 is 29.1 Å². The maximum Gasteiger partial charge on any atom is 0.339 e. The van der Waals surface area contributed by atoms with Crippen LogP contribution in [0.25, 0.3) is 0 Å². The molecule has 0 aliphatic rings. The molecule has 20 heavy (non-hydrogen) atoms. The van der Waals surface area contributed by atoms with Crippen LogP contribution in [0, 0.1) is 12.7 Å². The van der Waals surface area contributed by atoms with E-state index in [1.807, 2.05) is 0 Å². The van der Waals surface area contributed by atoms with Crippen LogP contribution in [0.2, 0.25) is 5.02 Å². The zero-order chi connectivity index (χ0) is 14.7. The third-order valence-corrected chi connectivity index (χ3v) is 2.97. The molecule has 2 aromatic rings. The first-order valence-corrected chi connectivity index (χ1v) is 6.17. The van der Waals surface area contributed by atoms with Gasteiger partial charge in [-0.15, -0.1) is 0 Å². The van der Waals surface area contributed by atoms with Gasteiger partial charge in [-0.2, -0.15) is 0 Å². The van der Waals surface area contributed by atoms with Crippen molar-refractivity contribution in [2.45, 2.75) is 6.92 Å². The molecule has 0 unspecified atom stereocenters. The Morgan fingerprint density at radius 2 is 2.10 bits per heavy atom. The highest BCUT2D eigenvalue weighted by molar-refractivity contribution is 6.31. The molecule has 4 nitrogen and oxygen atoms in total. The third kappa shape index (κ3) is 3.05. The van der Waals surface area contributed by atoms with Crippen molar-refractivity contribution in [1.82, 2.24) is 4.98 Å². The van der Waals surface area contributed by atoms with Gasteiger partial charge in [0.25, 0.3) is 0 Å². The molecule has 0 aliphatic carbocycles. The fourth-order valence-corrected chi connectivity index (χ4v) is 1.86. The summed E-state index contributed by atoms with van der Waals surface area (Å²) >= 11 is 5.70. The van der Waals surface area contributed by atoms with Gasteiger partial charge in [0, 0.05) is 5.69 Å². The first-order valence-electron chi connectivity index (χ1n) is 5.79. The van der Waals surface area contributed by atoms with Crippen LogP contribution >= 0.6 is 11.6 Å². The zero-order valence-electron chi connectivity index (χ0n) is 10.9. The summed E-state index contributed by atoms with van der Waals surface area (Å²) < 4.78 is 17.7. The molecule has 0 aliphatic heterocycles. The number of hydrogen-bond acceptors (Lipinski definition) is 4. The number of carbonyl (C=O) groups excluding carboxylic acids is 1. The van der Waals surface area contributed by atoms with E-state index in [-0.39, 0.29) is 5.02 Å². The van der Waals surface area contributed by atoms with E-state index >= 15 is 0 Å². The van der Waals surface area contributed by atoms with E-state index in [9.17, 15) is 9.18 Å². The largest absolute Gasteiger partial charge is 0.465 e. The Hall–Kier alpha value is -2.14. The molecule has 1 aromatic heterocycles. The molecule has 0 bridgehead atoms. The molecule has 2 rings (SSSR count). The van der Waals surface area contributed by atoms with E-state index in [2.05, 4.69) is 15.0 Å². The van der Waals surface area contributed by atoms with Crippen molar-refractivity contribution in [2.75, 3.05) is 12.4 Å². The van der Waals surface area contributed by atoms with Crippen LogP contribution in [-0.4, -0.2) is 18.1 Å². The van der Waals surface area contributed by atoms with Gasteiger partial charge in [0.1, 0.15) is 11.6 Å². The smallest absolute Gasteiger partial charge is 0.339 e. The van der Waals surface area contributed by atoms with Gasteiger partial charge in [0.05, 0.1) is 23.4 Å². The van der Waals surface area contributed by atoms with Gasteiger partial charge in [-0.3, -0.25) is 0 Å². The van der Waals surface area contributed by atoms with Crippen molar-refractivity contribution in [3.05, 3.63) is 52.4 Å². The number of pyridine rings is 1. The molecule has 0 amide bonds. The average Bonchev–Trinajstić information content (AvgIpc) is 2.42. The molecule has 0 saturated carbocycles. The minimum absolute atomic E-state index is 0.0258. The summed E-state index contributed by atoms with van der Waals surface area (Å²) in [6.45, 7) is 1.70. The number of nitrogens with one attached hydrogen (secondary N) is 1. The highest BCUT2D eigenvalue weighted by atomic mass is 35.5. The molecule has 1 heterocycles. The summed E-state index contributed by atoms with van der Waals surface area (Å²) in [4.78, 5) is 15.7. The number of carbonyl (C=O) groups is 1. The van der Waals surface area contributed by atoms with E-state index in [1.165, 1.54) is 19.2 Å². The number of benzene rings is 1. The van der Waals surface area contributed by atoms with Crippen LogP contribution in [0.5, 0.6) is 0 Å². The number of aryl methyl sites for hydroxylation is 1. The second-order valence-electron chi connectivity index (χ2n) is 4.07. The van der Waals surface area contributed by atoms with Crippen molar-refractivity contribution in [3.63, 3.8) is 0 Å². The lowest BCUT2D eigenvalue weighted by molar-refractivity contribution is 0.0599. The molecule has 0 fully saturated rings. The zero-order valence-corrected chi connectivity index (χ0v) is 11.7. The Kier molecular flexibility index (Phi) is 4.20. The van der Waals surface area contributed by atoms with E-state index in [4.69, 9.17) is 11.6 Å². The normalized spacial score (nSPS) is 10.2. The maximum absolute atomic E-state index is 13.1. The Bertz CT molecular complexity index is 662. The second-order valence-corrected chi connectivity index (χ2v) is 4.48. The van der Waals surface area contributed by atoms with Gasteiger partial charge in [0.15, 0.2) is 0 Å². The number of aromatic nitrogens is 1. The van der Waals surface area contributed by atoms with E-state index < -0.39 is 11.8 Å². The molecule has 1 aromatic carbocycles. The lowest BCUT2D eigenvalue weighted by Gasteiger charge is -2.09. The van der Waals surface area contributed by atoms with Crippen molar-refractivity contribution in [2.24, 2.45) is 0 Å². The molecule has 6 heteroatoms. The van der Waals surface area contributed by atoms with E-state index in [1.54, 1.807) is 25.1 Å². The standard InChI is InChI=1S/C14H12ClFN2O2/c1-8-10(14(19)20-2)4-6-13(17-8)18-9-3-5-12(16)11(15)7-9/h3-7H,1-2H3,(H,17,18). The highest BCUT2D eigenvalue weighted by Gasteiger charge is 2.11. The number of ether oxygens (including phenoxy) is 1. The molecule has 0 saturated heterocycles. The number of rotatable bonds is 3. The van der Waals surface area contributed by atoms with Crippen molar-refractivity contribution < 1.29 is 13.9 Å². The molecule has 1 N–H and O–H groups in total. The van der Waals surface area contributed by atoms with Crippen molar-refractivity contribution in [3.8, 4) is 0 Å². The van der Waals surface area contributed by atoms with Crippen molar-refractivity contribution in [1.29, 1.82) is 0 Å². The van der Waals surface area contributed by atoms with Crippen LogP contribution in [0.1, 0.15) is 16.1 Å². The van der Waals surface area contributed by atoms with Crippen LogP contribution in [0.15, 0.2) is 30.3 Å². The lowest BCUT2D eigenvalue weighted by Crippen LogP contribution is -2.06. The predicted octanol–water partition coefficient (Wildman–Crippen LogP) is 3.71. The van der Waals surface area contributed by atoms with Crippen LogP contribution in [-0.2, 0) is 4.74 Å². The van der Waals surface area contributed by atoms with Crippen LogP contribution in [0.4, 0.5) is 15.9 Å². The molecule has 0 radical (unpaired) electrons. The molecular weight excluding hydrogens is 283 g/mol. The predicted molar refractivity (Wildman–Crippen MR) is 75.0 cm³/mol. The maximum atomic E-state index is 13.1. The fraction of sp³-hybridized carbons (Fsp3) is 0.143. The van der Waals surface area contributed by atoms with E-state index in [0.29, 0.717) is 22.8 Å². The van der Waals surface area contributed by atoms with Gasteiger partial charge in [-0.1, -0.05) is 11.6 Å². The van der Waals surface area contributed by atoms with E-state index in [0.717, 1.165) is 0 Å². The first-order chi connectivity index (χ1) is 9.51. The number of hydrogen-bond donors (Lipinski definition) is 1. The third-order valence-electron chi connectivity index (χ3n) is 2.68. The summed E-state index contributed by atoms with van der Waals surface area (Å²) in [5, 5.41) is 3.01. The van der Waals surface area contributed by atoms with Gasteiger partial charge in [0.2, 0.25) is 0 Å². The number of anilines is 2. The topological polar surface area (TPSA) is 51.2 Å². The minimum atomic E-state index is -0.484. The summed E-state index contributed by atoms with van der Waals surface area (Å²) in [5.41, 5.74) is 1.54. The van der Waals surface area contributed by atoms with Crippen LogP contribution < -0.4 is 5.32 Å². The van der Waals surface area contributed by atoms with Gasteiger partial charge in [-0.05, 0) is 37.3 Å². The van der Waals surface area contributed by atoms with Gasteiger partial charge in [-0.25, -0.2) is 14.2 Å². The monoisotopic (exact) mass is 294 g/mol. The second kappa shape index (κ2) is 5.88. The summed E-state index contributed by atoms with van der Waals surface area (Å²) in [6.07, 6.45) is 0. The summed E-state index contributed by atoms with van der Waals surface area (Å²) in [5.74, 6) is -0.397. The lowest BCUT2D eigenvalue weighted by atomic mass is 10.2. The molecule has 0 atom stereocenters. The number of halogens is 2. The Balaban J connectivity index is 2.24. The number of nitrogens with zero attached hydrogens (tertiary/aromatic N) is 1. The average molecular weight is 295 g/mol. The van der Waals surface area contributed by atoms with Gasteiger partial charge >= 0.3 is 5.97 Å². The Morgan fingerprint density at radius 1 is 1.35 bits per heavy atom. The first kappa shape index (κ1) is 14.3. The Morgan fingerprint density at radius 3 is 2.70 bits per heavy atom. The number of methoxy groups -OCH3 is 1. The summed E-state index contributed by atoms with van der Waals surface area (Å²) in [6, 6.07) is 7.52. The van der Waals surface area contributed by atoms with Gasteiger partial charge < -0.3 is 10.1 Å². The SMILES string of the molecule is COC(=O)c1ccc(Nc2ccc(F)c(Cl)c2)nc1C.